The average molecular weight is 488 g/mol. The summed E-state index contributed by atoms with van der Waals surface area (Å²) in [5, 5.41) is 8.03. The number of halogens is 1. The summed E-state index contributed by atoms with van der Waals surface area (Å²) in [7, 11) is 0. The topological polar surface area (TPSA) is 96.5 Å². The molecule has 7 nitrogen and oxygen atoms in total. The first kappa shape index (κ1) is 24.1. The van der Waals surface area contributed by atoms with E-state index < -0.39 is 11.7 Å². The van der Waals surface area contributed by atoms with Gasteiger partial charge in [0.2, 0.25) is 11.8 Å². The first-order valence-electron chi connectivity index (χ1n) is 9.72. The number of carbonyl (C=O) groups is 3. The molecule has 0 aliphatic rings. The maximum atomic E-state index is 12.1. The molecule has 2 aromatic carbocycles. The first-order chi connectivity index (χ1) is 14.6. The third-order valence-electron chi connectivity index (χ3n) is 3.73. The van der Waals surface area contributed by atoms with Gasteiger partial charge in [-0.1, -0.05) is 34.1 Å². The minimum atomic E-state index is -0.593. The van der Waals surface area contributed by atoms with Gasteiger partial charge in [-0.25, -0.2) is 4.79 Å². The monoisotopic (exact) mass is 487 g/mol. The van der Waals surface area contributed by atoms with Crippen molar-refractivity contribution in [1.29, 1.82) is 0 Å². The third-order valence-corrected chi connectivity index (χ3v) is 4.26. The molecule has 164 valence electrons. The minimum Gasteiger partial charge on any atom is -0.444 e. The van der Waals surface area contributed by atoms with E-state index in [9.17, 15) is 14.4 Å². The molecule has 0 saturated heterocycles. The Balaban J connectivity index is 1.81. The largest absolute Gasteiger partial charge is 0.444 e. The Morgan fingerprint density at radius 2 is 1.65 bits per heavy atom. The lowest BCUT2D eigenvalue weighted by atomic mass is 10.2. The number of benzene rings is 2. The average Bonchev–Trinajstić information content (AvgIpc) is 2.66. The second kappa shape index (κ2) is 11.3. The molecule has 31 heavy (non-hydrogen) atoms. The maximum absolute atomic E-state index is 12.1. The van der Waals surface area contributed by atoms with E-state index in [0.717, 1.165) is 10.0 Å². The van der Waals surface area contributed by atoms with Crippen LogP contribution >= 0.6 is 15.9 Å². The molecule has 3 amide bonds. The van der Waals surface area contributed by atoms with E-state index in [1.807, 2.05) is 24.3 Å². The Kier molecular flexibility index (Phi) is 8.81. The normalized spacial score (nSPS) is 11.1. The van der Waals surface area contributed by atoms with Crippen molar-refractivity contribution in [3.8, 4) is 0 Å². The lowest BCUT2D eigenvalue weighted by molar-refractivity contribution is -0.116. The van der Waals surface area contributed by atoms with E-state index in [-0.39, 0.29) is 24.8 Å². The Hall–Kier alpha value is -3.13. The SMILES string of the molecule is CC(C)(C)OC(=O)NCCC(=O)Nc1cccc(NC(=O)/C=C/c2ccc(Br)cc2)c1. The van der Waals surface area contributed by atoms with Crippen LogP contribution in [0.2, 0.25) is 0 Å². The number of alkyl carbamates (subject to hydrolysis) is 1. The van der Waals surface area contributed by atoms with Gasteiger partial charge in [-0.15, -0.1) is 0 Å². The van der Waals surface area contributed by atoms with Gasteiger partial charge in [-0.2, -0.15) is 0 Å². The molecular formula is C23H26BrN3O4. The van der Waals surface area contributed by atoms with Crippen molar-refractivity contribution in [2.45, 2.75) is 32.8 Å². The highest BCUT2D eigenvalue weighted by atomic mass is 79.9. The summed E-state index contributed by atoms with van der Waals surface area (Å²) >= 11 is 3.37. The lowest BCUT2D eigenvalue weighted by Gasteiger charge is -2.19. The van der Waals surface area contributed by atoms with Gasteiger partial charge >= 0.3 is 6.09 Å². The highest BCUT2D eigenvalue weighted by Gasteiger charge is 2.15. The summed E-state index contributed by atoms with van der Waals surface area (Å²) < 4.78 is 6.08. The first-order valence-corrected chi connectivity index (χ1v) is 10.5. The minimum absolute atomic E-state index is 0.0890. The van der Waals surface area contributed by atoms with Crippen LogP contribution in [0.5, 0.6) is 0 Å². The second-order valence-corrected chi connectivity index (χ2v) is 8.60. The van der Waals surface area contributed by atoms with E-state index in [0.29, 0.717) is 11.4 Å². The number of rotatable bonds is 7. The fourth-order valence-electron chi connectivity index (χ4n) is 2.42. The van der Waals surface area contributed by atoms with Crippen LogP contribution < -0.4 is 16.0 Å². The Morgan fingerprint density at radius 3 is 2.29 bits per heavy atom. The highest BCUT2D eigenvalue weighted by molar-refractivity contribution is 9.10. The van der Waals surface area contributed by atoms with Gasteiger partial charge in [0.05, 0.1) is 0 Å². The summed E-state index contributed by atoms with van der Waals surface area (Å²) in [6.07, 6.45) is 2.68. The van der Waals surface area contributed by atoms with E-state index in [4.69, 9.17) is 4.74 Å². The zero-order valence-corrected chi connectivity index (χ0v) is 19.3. The van der Waals surface area contributed by atoms with Crippen molar-refractivity contribution >= 4 is 51.3 Å². The van der Waals surface area contributed by atoms with E-state index in [1.54, 1.807) is 51.1 Å². The van der Waals surface area contributed by atoms with Crippen LogP contribution in [0, 0.1) is 0 Å². The van der Waals surface area contributed by atoms with Crippen LogP contribution in [0.1, 0.15) is 32.8 Å². The van der Waals surface area contributed by atoms with Crippen molar-refractivity contribution in [2.75, 3.05) is 17.2 Å². The van der Waals surface area contributed by atoms with Crippen molar-refractivity contribution in [1.82, 2.24) is 5.32 Å². The van der Waals surface area contributed by atoms with Gasteiger partial charge < -0.3 is 20.7 Å². The number of ether oxygens (including phenoxy) is 1. The molecule has 0 atom stereocenters. The highest BCUT2D eigenvalue weighted by Crippen LogP contribution is 2.16. The van der Waals surface area contributed by atoms with Crippen LogP contribution in [0.4, 0.5) is 16.2 Å². The molecule has 0 unspecified atom stereocenters. The summed E-state index contributed by atoms with van der Waals surface area (Å²) in [6, 6.07) is 14.4. The summed E-state index contributed by atoms with van der Waals surface area (Å²) in [6.45, 7) is 5.45. The molecule has 0 saturated carbocycles. The quantitative estimate of drug-likeness (QED) is 0.481. The zero-order chi connectivity index (χ0) is 22.9. The maximum Gasteiger partial charge on any atom is 0.407 e. The van der Waals surface area contributed by atoms with Gasteiger partial charge in [0, 0.05) is 34.9 Å². The number of nitrogens with one attached hydrogen (secondary N) is 3. The number of anilines is 2. The van der Waals surface area contributed by atoms with Gasteiger partial charge in [-0.3, -0.25) is 9.59 Å². The van der Waals surface area contributed by atoms with Gasteiger partial charge in [0.25, 0.3) is 0 Å². The molecule has 0 aromatic heterocycles. The molecule has 0 heterocycles. The fraction of sp³-hybridized carbons (Fsp3) is 0.261. The fourth-order valence-corrected chi connectivity index (χ4v) is 2.68. The number of hydrogen-bond donors (Lipinski definition) is 3. The van der Waals surface area contributed by atoms with Crippen LogP contribution in [-0.2, 0) is 14.3 Å². The Labute approximate surface area is 190 Å². The van der Waals surface area contributed by atoms with Crippen molar-refractivity contribution in [3.63, 3.8) is 0 Å². The summed E-state index contributed by atoms with van der Waals surface area (Å²) in [4.78, 5) is 35.8. The standard InChI is InChI=1S/C23H26BrN3O4/c1-23(2,3)31-22(30)25-14-13-21(29)27-19-6-4-5-18(15-19)26-20(28)12-9-16-7-10-17(24)11-8-16/h4-12,15H,13-14H2,1-3H3,(H,25,30)(H,26,28)(H,27,29)/b12-9+. The van der Waals surface area contributed by atoms with E-state index in [2.05, 4.69) is 31.9 Å². The molecule has 8 heteroatoms. The Morgan fingerprint density at radius 1 is 1.00 bits per heavy atom. The molecular weight excluding hydrogens is 462 g/mol. The molecule has 2 rings (SSSR count). The Bertz CT molecular complexity index is 950. The van der Waals surface area contributed by atoms with Crippen LogP contribution in [0.25, 0.3) is 6.08 Å². The van der Waals surface area contributed by atoms with Crippen molar-refractivity contribution in [3.05, 3.63) is 64.6 Å². The second-order valence-electron chi connectivity index (χ2n) is 7.68. The third kappa shape index (κ3) is 9.95. The van der Waals surface area contributed by atoms with Crippen LogP contribution in [0.3, 0.4) is 0 Å². The van der Waals surface area contributed by atoms with Crippen LogP contribution in [-0.4, -0.2) is 30.1 Å². The zero-order valence-electron chi connectivity index (χ0n) is 17.7. The molecule has 0 aliphatic heterocycles. The van der Waals surface area contributed by atoms with Crippen molar-refractivity contribution in [2.24, 2.45) is 0 Å². The molecule has 0 bridgehead atoms. The molecule has 0 fully saturated rings. The van der Waals surface area contributed by atoms with Crippen LogP contribution in [0.15, 0.2) is 59.1 Å². The summed E-state index contributed by atoms with van der Waals surface area (Å²) in [5.74, 6) is -0.553. The lowest BCUT2D eigenvalue weighted by Crippen LogP contribution is -2.34. The predicted octanol–water partition coefficient (Wildman–Crippen LogP) is 4.95. The number of carbonyl (C=O) groups excluding carboxylic acids is 3. The van der Waals surface area contributed by atoms with Gasteiger partial charge in [-0.05, 0) is 62.7 Å². The molecule has 0 aliphatic carbocycles. The molecule has 0 spiro atoms. The smallest absolute Gasteiger partial charge is 0.407 e. The molecule has 3 N–H and O–H groups in total. The van der Waals surface area contributed by atoms with Crippen molar-refractivity contribution < 1.29 is 19.1 Å². The van der Waals surface area contributed by atoms with E-state index >= 15 is 0 Å². The predicted molar refractivity (Wildman–Crippen MR) is 126 cm³/mol. The number of amides is 3. The number of hydrogen-bond acceptors (Lipinski definition) is 4. The summed E-state index contributed by atoms with van der Waals surface area (Å²) in [5.41, 5.74) is 1.40. The molecule has 0 radical (unpaired) electrons. The van der Waals surface area contributed by atoms with Gasteiger partial charge in [0.15, 0.2) is 0 Å². The molecule has 2 aromatic rings. The van der Waals surface area contributed by atoms with E-state index in [1.165, 1.54) is 6.08 Å². The van der Waals surface area contributed by atoms with Gasteiger partial charge in [0.1, 0.15) is 5.60 Å².